The van der Waals surface area contributed by atoms with Gasteiger partial charge in [0.15, 0.2) is 11.5 Å². The lowest BCUT2D eigenvalue weighted by atomic mass is 10.4. The fraction of sp³-hybridized carbons (Fsp3) is 0. The standard InChI is InChI=1S/C7H5NO2.ClH/c1-2-8-5-7-6(1)9-3-4-10-7;/h1-5H;1H. The normalized spacial score (nSPS) is 12.0. The van der Waals surface area contributed by atoms with Crippen LogP contribution in [0, 0.1) is 0 Å². The second-order valence-electron chi connectivity index (χ2n) is 1.83. The highest BCUT2D eigenvalue weighted by Crippen LogP contribution is 2.27. The van der Waals surface area contributed by atoms with E-state index in [0.717, 1.165) is 0 Å². The lowest BCUT2D eigenvalue weighted by Crippen LogP contribution is -1.95. The van der Waals surface area contributed by atoms with Crippen LogP contribution < -0.4 is 9.47 Å². The Balaban J connectivity index is 0.000000605. The maximum Gasteiger partial charge on any atom is 0.187 e. The summed E-state index contributed by atoms with van der Waals surface area (Å²) in [6.07, 6.45) is 6.23. The fourth-order valence-corrected chi connectivity index (χ4v) is 0.755. The summed E-state index contributed by atoms with van der Waals surface area (Å²) in [5.41, 5.74) is 0. The van der Waals surface area contributed by atoms with E-state index in [4.69, 9.17) is 9.47 Å². The van der Waals surface area contributed by atoms with E-state index in [1.165, 1.54) is 12.5 Å². The summed E-state index contributed by atoms with van der Waals surface area (Å²) in [7, 11) is 0. The van der Waals surface area contributed by atoms with Gasteiger partial charge in [-0.05, 0) is 0 Å². The molecule has 0 amide bonds. The summed E-state index contributed by atoms with van der Waals surface area (Å²) in [5, 5.41) is 0. The van der Waals surface area contributed by atoms with Crippen molar-refractivity contribution in [2.45, 2.75) is 0 Å². The molecule has 0 saturated carbocycles. The van der Waals surface area contributed by atoms with Crippen molar-refractivity contribution < 1.29 is 9.47 Å². The summed E-state index contributed by atoms with van der Waals surface area (Å²) in [6.45, 7) is 0. The molecular formula is C7H6ClNO2. The monoisotopic (exact) mass is 171 g/mol. The van der Waals surface area contributed by atoms with Crippen LogP contribution in [0.3, 0.4) is 0 Å². The van der Waals surface area contributed by atoms with Gasteiger partial charge in [-0.1, -0.05) is 0 Å². The van der Waals surface area contributed by atoms with Gasteiger partial charge < -0.3 is 9.47 Å². The first-order valence-corrected chi connectivity index (χ1v) is 2.89. The fourth-order valence-electron chi connectivity index (χ4n) is 0.755. The first-order valence-electron chi connectivity index (χ1n) is 2.89. The number of hydrogen-bond donors (Lipinski definition) is 0. The van der Waals surface area contributed by atoms with Crippen LogP contribution in [0.2, 0.25) is 0 Å². The molecule has 0 bridgehead atoms. The average molecular weight is 172 g/mol. The molecule has 0 N–H and O–H groups in total. The molecule has 1 aromatic rings. The topological polar surface area (TPSA) is 31.4 Å². The smallest absolute Gasteiger partial charge is 0.187 e. The molecule has 11 heavy (non-hydrogen) atoms. The Morgan fingerprint density at radius 1 is 1.09 bits per heavy atom. The van der Waals surface area contributed by atoms with Gasteiger partial charge in [-0.15, -0.1) is 12.4 Å². The highest BCUT2D eigenvalue weighted by atomic mass is 35.5. The van der Waals surface area contributed by atoms with Gasteiger partial charge in [0, 0.05) is 12.3 Å². The van der Waals surface area contributed by atoms with E-state index in [9.17, 15) is 0 Å². The van der Waals surface area contributed by atoms with E-state index in [0.29, 0.717) is 11.5 Å². The summed E-state index contributed by atoms with van der Waals surface area (Å²) >= 11 is 0. The quantitative estimate of drug-likeness (QED) is 0.596. The number of ether oxygens (including phenoxy) is 2. The number of aromatic nitrogens is 1. The molecule has 0 atom stereocenters. The molecule has 0 unspecified atom stereocenters. The van der Waals surface area contributed by atoms with Crippen LogP contribution in [-0.4, -0.2) is 4.98 Å². The minimum Gasteiger partial charge on any atom is -0.458 e. The molecule has 58 valence electrons. The zero-order valence-electron chi connectivity index (χ0n) is 5.56. The van der Waals surface area contributed by atoms with Gasteiger partial charge in [-0.3, -0.25) is 4.98 Å². The van der Waals surface area contributed by atoms with E-state index in [1.807, 2.05) is 0 Å². The van der Waals surface area contributed by atoms with Gasteiger partial charge in [0.05, 0.1) is 6.20 Å². The lowest BCUT2D eigenvalue weighted by Gasteiger charge is -2.09. The summed E-state index contributed by atoms with van der Waals surface area (Å²) in [6, 6.07) is 1.75. The maximum atomic E-state index is 5.08. The minimum absolute atomic E-state index is 0. The molecule has 3 nitrogen and oxygen atoms in total. The molecule has 2 heterocycles. The van der Waals surface area contributed by atoms with Gasteiger partial charge in [0.25, 0.3) is 0 Å². The van der Waals surface area contributed by atoms with Crippen molar-refractivity contribution in [2.75, 3.05) is 0 Å². The average Bonchev–Trinajstić information content (AvgIpc) is 2.05. The van der Waals surface area contributed by atoms with Crippen molar-refractivity contribution in [3.05, 3.63) is 31.0 Å². The maximum absolute atomic E-state index is 5.08. The molecule has 0 fully saturated rings. The third-order valence-electron chi connectivity index (χ3n) is 1.19. The van der Waals surface area contributed by atoms with E-state index >= 15 is 0 Å². The van der Waals surface area contributed by atoms with Crippen LogP contribution in [0.5, 0.6) is 11.5 Å². The van der Waals surface area contributed by atoms with Crippen molar-refractivity contribution in [3.8, 4) is 11.5 Å². The van der Waals surface area contributed by atoms with Crippen LogP contribution in [0.4, 0.5) is 0 Å². The summed E-state index contributed by atoms with van der Waals surface area (Å²) in [5.74, 6) is 1.36. The van der Waals surface area contributed by atoms with Crippen LogP contribution >= 0.6 is 12.4 Å². The van der Waals surface area contributed by atoms with Crippen molar-refractivity contribution in [3.63, 3.8) is 0 Å². The van der Waals surface area contributed by atoms with Gasteiger partial charge >= 0.3 is 0 Å². The van der Waals surface area contributed by atoms with Gasteiger partial charge in [-0.25, -0.2) is 0 Å². The van der Waals surface area contributed by atoms with Gasteiger partial charge in [0.1, 0.15) is 12.5 Å². The van der Waals surface area contributed by atoms with Gasteiger partial charge in [0.2, 0.25) is 0 Å². The Hall–Kier alpha value is -1.22. The van der Waals surface area contributed by atoms with E-state index < -0.39 is 0 Å². The first kappa shape index (κ1) is 7.88. The summed E-state index contributed by atoms with van der Waals surface area (Å²) < 4.78 is 10.1. The molecule has 0 aromatic carbocycles. The third kappa shape index (κ3) is 1.43. The molecular weight excluding hydrogens is 166 g/mol. The number of halogens is 1. The van der Waals surface area contributed by atoms with Crippen molar-refractivity contribution in [2.24, 2.45) is 0 Å². The highest BCUT2D eigenvalue weighted by Gasteiger charge is 2.05. The van der Waals surface area contributed by atoms with E-state index in [-0.39, 0.29) is 12.4 Å². The number of rotatable bonds is 0. The van der Waals surface area contributed by atoms with Crippen molar-refractivity contribution >= 4 is 12.4 Å². The molecule has 0 spiro atoms. The SMILES string of the molecule is C1=COc2cnccc2O1.Cl. The Labute approximate surface area is 70.1 Å². The predicted octanol–water partition coefficient (Wildman–Crippen LogP) is 1.75. The van der Waals surface area contributed by atoms with Crippen LogP contribution in [0.15, 0.2) is 31.0 Å². The molecule has 0 aliphatic carbocycles. The van der Waals surface area contributed by atoms with Crippen LogP contribution in [0.25, 0.3) is 0 Å². The predicted molar refractivity (Wildman–Crippen MR) is 41.9 cm³/mol. The van der Waals surface area contributed by atoms with E-state index in [1.54, 1.807) is 18.5 Å². The van der Waals surface area contributed by atoms with Crippen molar-refractivity contribution in [1.29, 1.82) is 0 Å². The number of nitrogens with zero attached hydrogens (tertiary/aromatic N) is 1. The Morgan fingerprint density at radius 2 is 1.82 bits per heavy atom. The Kier molecular flexibility index (Phi) is 2.33. The van der Waals surface area contributed by atoms with Crippen molar-refractivity contribution in [1.82, 2.24) is 4.98 Å². The van der Waals surface area contributed by atoms with E-state index in [2.05, 4.69) is 4.98 Å². The molecule has 2 rings (SSSR count). The molecule has 4 heteroatoms. The number of hydrogen-bond acceptors (Lipinski definition) is 3. The minimum atomic E-state index is 0. The van der Waals surface area contributed by atoms with Crippen LogP contribution in [-0.2, 0) is 0 Å². The molecule has 1 aliphatic rings. The second kappa shape index (κ2) is 3.25. The lowest BCUT2D eigenvalue weighted by molar-refractivity contribution is 0.360. The summed E-state index contributed by atoms with van der Waals surface area (Å²) in [4.78, 5) is 3.86. The molecule has 1 aliphatic heterocycles. The number of fused-ring (bicyclic) bond motifs is 1. The zero-order chi connectivity index (χ0) is 6.81. The first-order chi connectivity index (χ1) is 4.97. The largest absolute Gasteiger partial charge is 0.458 e. The zero-order valence-corrected chi connectivity index (χ0v) is 6.38. The third-order valence-corrected chi connectivity index (χ3v) is 1.19. The molecule has 0 radical (unpaired) electrons. The van der Waals surface area contributed by atoms with Gasteiger partial charge in [-0.2, -0.15) is 0 Å². The Morgan fingerprint density at radius 3 is 2.55 bits per heavy atom. The highest BCUT2D eigenvalue weighted by molar-refractivity contribution is 5.85. The molecule has 0 saturated heterocycles. The second-order valence-corrected chi connectivity index (χ2v) is 1.83. The number of pyridine rings is 1. The Bertz CT molecular complexity index is 248. The van der Waals surface area contributed by atoms with Crippen LogP contribution in [0.1, 0.15) is 0 Å². The molecule has 1 aromatic heterocycles.